The van der Waals surface area contributed by atoms with E-state index in [0.717, 1.165) is 31.6 Å². The first-order valence-electron chi connectivity index (χ1n) is 9.34. The Morgan fingerprint density at radius 3 is 2.00 bits per heavy atom. The van der Waals surface area contributed by atoms with Gasteiger partial charge in [0, 0.05) is 35.3 Å². The van der Waals surface area contributed by atoms with Crippen molar-refractivity contribution in [3.63, 3.8) is 0 Å². The van der Waals surface area contributed by atoms with Crippen LogP contribution in [0.3, 0.4) is 0 Å². The van der Waals surface area contributed by atoms with E-state index >= 15 is 0 Å². The monoisotopic (exact) mass is 389 g/mol. The molecule has 0 aliphatic carbocycles. The zero-order valence-corrected chi connectivity index (χ0v) is 19.2. The van der Waals surface area contributed by atoms with Gasteiger partial charge in [0.2, 0.25) is 5.91 Å². The fraction of sp³-hybridized carbons (Fsp3) is 0.900. The van der Waals surface area contributed by atoms with Gasteiger partial charge in [-0.25, -0.2) is 0 Å². The van der Waals surface area contributed by atoms with Crippen molar-refractivity contribution in [2.75, 3.05) is 12.3 Å². The van der Waals surface area contributed by atoms with Crippen LogP contribution in [0.5, 0.6) is 0 Å². The van der Waals surface area contributed by atoms with Gasteiger partial charge in [-0.3, -0.25) is 9.59 Å². The third-order valence-electron chi connectivity index (χ3n) is 3.90. The Morgan fingerprint density at radius 2 is 1.48 bits per heavy atom. The molecule has 0 aromatic rings. The fourth-order valence-electron chi connectivity index (χ4n) is 1.99. The maximum Gasteiger partial charge on any atom is 0.220 e. The SMILES string of the molecule is CC(C)(C)CCNC(=O)CCCSSC(C)(C)CCC(=O)C(C)(C)C. The molecule has 0 aromatic carbocycles. The molecule has 0 rings (SSSR count). The van der Waals surface area contributed by atoms with Crippen molar-refractivity contribution in [3.05, 3.63) is 0 Å². The molecule has 0 bridgehead atoms. The summed E-state index contributed by atoms with van der Waals surface area (Å²) in [5.74, 6) is 1.46. The van der Waals surface area contributed by atoms with Crippen molar-refractivity contribution in [3.8, 4) is 0 Å². The first kappa shape index (κ1) is 24.8. The molecule has 1 N–H and O–H groups in total. The second-order valence-corrected chi connectivity index (χ2v) is 12.7. The molecule has 0 saturated heterocycles. The van der Waals surface area contributed by atoms with Gasteiger partial charge in [0.15, 0.2) is 0 Å². The molecule has 0 aliphatic rings. The van der Waals surface area contributed by atoms with E-state index in [9.17, 15) is 9.59 Å². The molecule has 0 spiro atoms. The van der Waals surface area contributed by atoms with Gasteiger partial charge in [-0.05, 0) is 38.5 Å². The van der Waals surface area contributed by atoms with Crippen molar-refractivity contribution in [1.82, 2.24) is 5.32 Å². The summed E-state index contributed by atoms with van der Waals surface area (Å²) in [7, 11) is 3.65. The minimum absolute atomic E-state index is 0.0839. The highest BCUT2D eigenvalue weighted by Gasteiger charge is 2.25. The Labute approximate surface area is 163 Å². The minimum Gasteiger partial charge on any atom is -0.356 e. The molecule has 0 saturated carbocycles. The van der Waals surface area contributed by atoms with Crippen LogP contribution in [0, 0.1) is 10.8 Å². The van der Waals surface area contributed by atoms with Crippen LogP contribution in [0.1, 0.15) is 87.5 Å². The lowest BCUT2D eigenvalue weighted by Gasteiger charge is -2.25. The molecule has 0 heterocycles. The number of carbonyl (C=O) groups excluding carboxylic acids is 2. The number of rotatable bonds is 11. The number of carbonyl (C=O) groups is 2. The van der Waals surface area contributed by atoms with Crippen molar-refractivity contribution >= 4 is 33.3 Å². The lowest BCUT2D eigenvalue weighted by atomic mass is 9.87. The third kappa shape index (κ3) is 14.7. The lowest BCUT2D eigenvalue weighted by Crippen LogP contribution is -2.27. The fourth-order valence-corrected chi connectivity index (χ4v) is 4.65. The van der Waals surface area contributed by atoms with Crippen LogP contribution in [0.2, 0.25) is 0 Å². The molecule has 148 valence electrons. The molecule has 5 heteroatoms. The minimum atomic E-state index is -0.242. The molecule has 0 aliphatic heterocycles. The van der Waals surface area contributed by atoms with Crippen molar-refractivity contribution in [1.29, 1.82) is 0 Å². The van der Waals surface area contributed by atoms with Gasteiger partial charge >= 0.3 is 0 Å². The number of nitrogens with one attached hydrogen (secondary N) is 1. The molecule has 0 atom stereocenters. The van der Waals surface area contributed by atoms with E-state index in [-0.39, 0.29) is 21.5 Å². The number of hydrogen-bond donors (Lipinski definition) is 1. The Morgan fingerprint density at radius 1 is 0.880 bits per heavy atom. The highest BCUT2D eigenvalue weighted by atomic mass is 33.1. The predicted octanol–water partition coefficient (Wildman–Crippen LogP) is 5.87. The predicted molar refractivity (Wildman–Crippen MR) is 114 cm³/mol. The molecule has 0 radical (unpaired) electrons. The zero-order valence-electron chi connectivity index (χ0n) is 17.6. The summed E-state index contributed by atoms with van der Waals surface area (Å²) in [5.41, 5.74) is 0.0218. The highest BCUT2D eigenvalue weighted by molar-refractivity contribution is 8.77. The Hall–Kier alpha value is -0.160. The topological polar surface area (TPSA) is 46.2 Å². The smallest absolute Gasteiger partial charge is 0.220 e. The van der Waals surface area contributed by atoms with Gasteiger partial charge < -0.3 is 5.32 Å². The van der Waals surface area contributed by atoms with Crippen LogP contribution in [0.4, 0.5) is 0 Å². The first-order valence-corrected chi connectivity index (χ1v) is 11.7. The maximum absolute atomic E-state index is 12.1. The molecule has 0 aromatic heterocycles. The van der Waals surface area contributed by atoms with Crippen LogP contribution in [-0.4, -0.2) is 28.7 Å². The molecule has 25 heavy (non-hydrogen) atoms. The molecular formula is C20H39NO2S2. The van der Waals surface area contributed by atoms with Crippen molar-refractivity contribution in [2.24, 2.45) is 10.8 Å². The summed E-state index contributed by atoms with van der Waals surface area (Å²) >= 11 is 0. The number of Topliss-reactive ketones (excluding diaryl/α,β-unsaturated/α-hetero) is 1. The normalized spacial score (nSPS) is 13.0. The first-order chi connectivity index (χ1) is 11.2. The average molecular weight is 390 g/mol. The summed E-state index contributed by atoms with van der Waals surface area (Å²) in [5, 5.41) is 3.00. The quantitative estimate of drug-likeness (QED) is 0.354. The standard InChI is InChI=1S/C20H39NO2S2/c1-18(2,3)13-14-21-17(23)10-9-15-24-25-20(7,8)12-11-16(22)19(4,5)6/h9-15H2,1-8H3,(H,21,23). The van der Waals surface area contributed by atoms with E-state index in [1.807, 2.05) is 42.4 Å². The van der Waals surface area contributed by atoms with Crippen LogP contribution in [0.15, 0.2) is 0 Å². The summed E-state index contributed by atoms with van der Waals surface area (Å²) in [6.07, 6.45) is 4.04. The van der Waals surface area contributed by atoms with Crippen LogP contribution in [-0.2, 0) is 9.59 Å². The summed E-state index contributed by atoms with van der Waals surface area (Å²) in [6, 6.07) is 0. The van der Waals surface area contributed by atoms with Gasteiger partial charge in [0.25, 0.3) is 0 Å². The van der Waals surface area contributed by atoms with Gasteiger partial charge in [0.05, 0.1) is 0 Å². The van der Waals surface area contributed by atoms with Crippen LogP contribution < -0.4 is 5.32 Å². The van der Waals surface area contributed by atoms with Gasteiger partial charge in [-0.2, -0.15) is 0 Å². The van der Waals surface area contributed by atoms with Gasteiger partial charge in [-0.1, -0.05) is 63.1 Å². The second kappa shape index (κ2) is 10.9. The molecule has 0 unspecified atom stereocenters. The maximum atomic E-state index is 12.1. The molecule has 0 fully saturated rings. The van der Waals surface area contributed by atoms with Gasteiger partial charge in [0.1, 0.15) is 5.78 Å². The highest BCUT2D eigenvalue weighted by Crippen LogP contribution is 2.39. The second-order valence-electron chi connectivity index (χ2n) is 9.60. The Bertz CT molecular complexity index is 420. The summed E-state index contributed by atoms with van der Waals surface area (Å²) in [6.45, 7) is 17.7. The summed E-state index contributed by atoms with van der Waals surface area (Å²) < 4.78 is 0.0839. The van der Waals surface area contributed by atoms with Gasteiger partial charge in [-0.15, -0.1) is 0 Å². The Kier molecular flexibility index (Phi) is 10.8. The average Bonchev–Trinajstić information content (AvgIpc) is 2.42. The Balaban J connectivity index is 3.82. The molecule has 1 amide bonds. The van der Waals surface area contributed by atoms with Crippen molar-refractivity contribution < 1.29 is 9.59 Å². The number of hydrogen-bond acceptors (Lipinski definition) is 4. The summed E-state index contributed by atoms with van der Waals surface area (Å²) in [4.78, 5) is 23.8. The van der Waals surface area contributed by atoms with E-state index in [0.29, 0.717) is 18.6 Å². The molecular weight excluding hydrogens is 350 g/mol. The van der Waals surface area contributed by atoms with Crippen LogP contribution >= 0.6 is 21.6 Å². The largest absolute Gasteiger partial charge is 0.356 e. The van der Waals surface area contributed by atoms with Crippen LogP contribution in [0.25, 0.3) is 0 Å². The van der Waals surface area contributed by atoms with E-state index in [4.69, 9.17) is 0 Å². The van der Waals surface area contributed by atoms with E-state index in [1.54, 1.807) is 0 Å². The third-order valence-corrected chi connectivity index (χ3v) is 7.34. The zero-order chi connectivity index (χ0) is 19.7. The number of ketones is 1. The van der Waals surface area contributed by atoms with E-state index in [2.05, 4.69) is 39.9 Å². The van der Waals surface area contributed by atoms with E-state index in [1.165, 1.54) is 0 Å². The number of amides is 1. The molecule has 3 nitrogen and oxygen atoms in total. The van der Waals surface area contributed by atoms with E-state index < -0.39 is 0 Å². The lowest BCUT2D eigenvalue weighted by molar-refractivity contribution is -0.126. The van der Waals surface area contributed by atoms with Crippen molar-refractivity contribution in [2.45, 2.75) is 92.2 Å².